The minimum Gasteiger partial charge on any atom is -0.493 e. The molecule has 0 aliphatic carbocycles. The Morgan fingerprint density at radius 1 is 1.18 bits per heavy atom. The number of rotatable bonds is 6. The van der Waals surface area contributed by atoms with Crippen molar-refractivity contribution in [1.82, 2.24) is 9.80 Å². The first-order valence-electron chi connectivity index (χ1n) is 8.19. The quantitative estimate of drug-likeness (QED) is 0.756. The molecule has 4 nitrogen and oxygen atoms in total. The lowest BCUT2D eigenvalue weighted by Gasteiger charge is -2.31. The van der Waals surface area contributed by atoms with Gasteiger partial charge in [-0.2, -0.15) is 0 Å². The molecule has 1 aliphatic heterocycles. The molecule has 0 bridgehead atoms. The van der Waals surface area contributed by atoms with E-state index in [2.05, 4.69) is 29.8 Å². The van der Waals surface area contributed by atoms with Gasteiger partial charge in [-0.25, -0.2) is 0 Å². The summed E-state index contributed by atoms with van der Waals surface area (Å²) in [6.07, 6.45) is 0.944. The van der Waals surface area contributed by atoms with Gasteiger partial charge in [-0.1, -0.05) is 13.0 Å². The van der Waals surface area contributed by atoms with Crippen LogP contribution in [-0.2, 0) is 0 Å². The number of likely N-dealkylation sites (N-methyl/N-ethyl adjacent to an activating group) is 1. The maximum atomic E-state index is 12.7. The van der Waals surface area contributed by atoms with Crippen LogP contribution in [0.1, 0.15) is 34.8 Å². The van der Waals surface area contributed by atoms with Crippen molar-refractivity contribution in [2.45, 2.75) is 27.2 Å². The van der Waals surface area contributed by atoms with E-state index in [0.717, 1.165) is 55.0 Å². The minimum atomic E-state index is 0.169. The van der Waals surface area contributed by atoms with Crippen molar-refractivity contribution in [3.05, 3.63) is 28.8 Å². The van der Waals surface area contributed by atoms with Gasteiger partial charge in [0.15, 0.2) is 5.78 Å². The second-order valence-electron chi connectivity index (χ2n) is 6.31. The topological polar surface area (TPSA) is 32.8 Å². The average Bonchev–Trinajstić information content (AvgIpc) is 2.48. The number of carbonyl (C=O) groups excluding carboxylic acids is 1. The molecule has 0 radical (unpaired) electrons. The lowest BCUT2D eigenvalue weighted by Crippen LogP contribution is -2.46. The van der Waals surface area contributed by atoms with E-state index in [1.165, 1.54) is 0 Å². The molecule has 0 amide bonds. The summed E-state index contributed by atoms with van der Waals surface area (Å²) in [7, 11) is 2.12. The molecule has 1 heterocycles. The summed E-state index contributed by atoms with van der Waals surface area (Å²) in [5, 5.41) is 0. The minimum absolute atomic E-state index is 0.169. The Labute approximate surface area is 134 Å². The van der Waals surface area contributed by atoms with Gasteiger partial charge in [0.1, 0.15) is 5.75 Å². The fourth-order valence-electron chi connectivity index (χ4n) is 2.85. The van der Waals surface area contributed by atoms with Crippen molar-refractivity contribution < 1.29 is 9.53 Å². The summed E-state index contributed by atoms with van der Waals surface area (Å²) in [6.45, 7) is 11.2. The largest absolute Gasteiger partial charge is 0.493 e. The lowest BCUT2D eigenvalue weighted by molar-refractivity contribution is 0.0872. The van der Waals surface area contributed by atoms with Gasteiger partial charge in [0.05, 0.1) is 18.7 Å². The highest BCUT2D eigenvalue weighted by Gasteiger charge is 2.21. The number of ketones is 1. The third-order valence-electron chi connectivity index (χ3n) is 4.13. The Hall–Kier alpha value is -1.39. The number of aryl methyl sites for hydroxylation is 2. The van der Waals surface area contributed by atoms with Gasteiger partial charge in [0.2, 0.25) is 0 Å². The molecule has 0 aromatic heterocycles. The molecule has 2 rings (SSSR count). The van der Waals surface area contributed by atoms with Crippen LogP contribution in [0, 0.1) is 13.8 Å². The summed E-state index contributed by atoms with van der Waals surface area (Å²) in [5.41, 5.74) is 2.91. The predicted molar refractivity (Wildman–Crippen MR) is 90.0 cm³/mol. The Balaban J connectivity index is 2.13. The second kappa shape index (κ2) is 7.75. The monoisotopic (exact) mass is 304 g/mol. The number of carbonyl (C=O) groups is 1. The average molecular weight is 304 g/mol. The third-order valence-corrected chi connectivity index (χ3v) is 4.13. The van der Waals surface area contributed by atoms with Crippen LogP contribution >= 0.6 is 0 Å². The Bertz CT molecular complexity index is 520. The molecule has 1 aromatic carbocycles. The number of ether oxygens (including phenoxy) is 1. The zero-order valence-electron chi connectivity index (χ0n) is 14.3. The number of hydrogen-bond donors (Lipinski definition) is 0. The molecule has 0 unspecified atom stereocenters. The number of benzene rings is 1. The Morgan fingerprint density at radius 2 is 1.86 bits per heavy atom. The molecular weight excluding hydrogens is 276 g/mol. The maximum Gasteiger partial charge on any atom is 0.180 e. The van der Waals surface area contributed by atoms with Crippen LogP contribution in [0.4, 0.5) is 0 Å². The molecule has 1 saturated heterocycles. The van der Waals surface area contributed by atoms with Crippen molar-refractivity contribution in [3.8, 4) is 5.75 Å². The highest BCUT2D eigenvalue weighted by atomic mass is 16.5. The SMILES string of the molecule is CCCOc1c(C)cc(C)cc1C(=O)CN1CCN(C)CC1. The van der Waals surface area contributed by atoms with Gasteiger partial charge in [0, 0.05) is 26.2 Å². The molecule has 1 aliphatic rings. The highest BCUT2D eigenvalue weighted by Crippen LogP contribution is 2.26. The van der Waals surface area contributed by atoms with E-state index in [4.69, 9.17) is 4.74 Å². The zero-order valence-corrected chi connectivity index (χ0v) is 14.3. The van der Waals surface area contributed by atoms with E-state index in [-0.39, 0.29) is 5.78 Å². The molecule has 4 heteroatoms. The van der Waals surface area contributed by atoms with Crippen molar-refractivity contribution in [1.29, 1.82) is 0 Å². The summed E-state index contributed by atoms with van der Waals surface area (Å²) >= 11 is 0. The van der Waals surface area contributed by atoms with Crippen LogP contribution in [0.2, 0.25) is 0 Å². The molecule has 0 atom stereocenters. The maximum absolute atomic E-state index is 12.7. The Kier molecular flexibility index (Phi) is 5.98. The van der Waals surface area contributed by atoms with Crippen molar-refractivity contribution in [2.24, 2.45) is 0 Å². The standard InChI is InChI=1S/C18H28N2O2/c1-5-10-22-18-15(3)11-14(2)12-16(18)17(21)13-20-8-6-19(4)7-9-20/h11-12H,5-10,13H2,1-4H3. The smallest absolute Gasteiger partial charge is 0.180 e. The van der Waals surface area contributed by atoms with E-state index in [1.807, 2.05) is 19.9 Å². The Morgan fingerprint density at radius 3 is 2.50 bits per heavy atom. The summed E-state index contributed by atoms with van der Waals surface area (Å²) < 4.78 is 5.85. The van der Waals surface area contributed by atoms with Crippen LogP contribution in [0.25, 0.3) is 0 Å². The zero-order chi connectivity index (χ0) is 16.1. The number of piperazine rings is 1. The predicted octanol–water partition coefficient (Wildman–Crippen LogP) is 2.52. The number of nitrogens with zero attached hydrogens (tertiary/aromatic N) is 2. The van der Waals surface area contributed by atoms with E-state index in [9.17, 15) is 4.79 Å². The fraction of sp³-hybridized carbons (Fsp3) is 0.611. The van der Waals surface area contributed by atoms with Gasteiger partial charge in [-0.3, -0.25) is 9.69 Å². The van der Waals surface area contributed by atoms with Gasteiger partial charge in [-0.05, 0) is 44.5 Å². The number of hydrogen-bond acceptors (Lipinski definition) is 4. The first-order valence-corrected chi connectivity index (χ1v) is 8.19. The van der Waals surface area contributed by atoms with E-state index < -0.39 is 0 Å². The van der Waals surface area contributed by atoms with Crippen molar-refractivity contribution in [2.75, 3.05) is 46.4 Å². The number of Topliss-reactive ketones (excluding diaryl/α,β-unsaturated/α-hetero) is 1. The summed E-state index contributed by atoms with van der Waals surface area (Å²) in [6, 6.07) is 4.05. The molecule has 0 N–H and O–H groups in total. The van der Waals surface area contributed by atoms with Crippen LogP contribution in [0.15, 0.2) is 12.1 Å². The molecule has 22 heavy (non-hydrogen) atoms. The molecule has 122 valence electrons. The first kappa shape index (κ1) is 17.0. The van der Waals surface area contributed by atoms with Gasteiger partial charge < -0.3 is 9.64 Å². The molecule has 0 saturated carbocycles. The van der Waals surface area contributed by atoms with Gasteiger partial charge in [0.25, 0.3) is 0 Å². The lowest BCUT2D eigenvalue weighted by atomic mass is 10.0. The first-order chi connectivity index (χ1) is 10.5. The van der Waals surface area contributed by atoms with E-state index in [1.54, 1.807) is 0 Å². The molecular formula is C18H28N2O2. The van der Waals surface area contributed by atoms with Crippen molar-refractivity contribution >= 4 is 5.78 Å². The van der Waals surface area contributed by atoms with Crippen molar-refractivity contribution in [3.63, 3.8) is 0 Å². The fourth-order valence-corrected chi connectivity index (χ4v) is 2.85. The summed E-state index contributed by atoms with van der Waals surface area (Å²) in [5.74, 6) is 0.939. The molecule has 0 spiro atoms. The van der Waals surface area contributed by atoms with Crippen LogP contribution in [0.5, 0.6) is 5.75 Å². The van der Waals surface area contributed by atoms with Crippen LogP contribution in [-0.4, -0.2) is 62.0 Å². The van der Waals surface area contributed by atoms with Crippen LogP contribution in [0.3, 0.4) is 0 Å². The van der Waals surface area contributed by atoms with Gasteiger partial charge in [-0.15, -0.1) is 0 Å². The van der Waals surface area contributed by atoms with Gasteiger partial charge >= 0.3 is 0 Å². The molecule has 1 fully saturated rings. The highest BCUT2D eigenvalue weighted by molar-refractivity contribution is 6.00. The van der Waals surface area contributed by atoms with E-state index >= 15 is 0 Å². The second-order valence-corrected chi connectivity index (χ2v) is 6.31. The van der Waals surface area contributed by atoms with Crippen LogP contribution < -0.4 is 4.74 Å². The van der Waals surface area contributed by atoms with E-state index in [0.29, 0.717) is 13.2 Å². The molecule has 1 aromatic rings. The normalized spacial score (nSPS) is 16.7. The third kappa shape index (κ3) is 4.31. The summed E-state index contributed by atoms with van der Waals surface area (Å²) in [4.78, 5) is 17.3.